The van der Waals surface area contributed by atoms with E-state index in [-0.39, 0.29) is 0 Å². The van der Waals surface area contributed by atoms with Gasteiger partial charge in [0.05, 0.1) is 0 Å². The van der Waals surface area contributed by atoms with E-state index in [1.807, 2.05) is 0 Å². The van der Waals surface area contributed by atoms with Crippen LogP contribution in [0.2, 0.25) is 0 Å². The van der Waals surface area contributed by atoms with Crippen LogP contribution in [0.5, 0.6) is 0 Å². The van der Waals surface area contributed by atoms with Crippen molar-refractivity contribution in [1.82, 2.24) is 0 Å². The number of aryl methyl sites for hydroxylation is 1. The maximum atomic E-state index is 2.51. The molecule has 24 heavy (non-hydrogen) atoms. The van der Waals surface area contributed by atoms with Gasteiger partial charge in [0.25, 0.3) is 0 Å². The molecule has 0 saturated heterocycles. The summed E-state index contributed by atoms with van der Waals surface area (Å²) in [6, 6.07) is 14.3. The Morgan fingerprint density at radius 3 is 1.96 bits per heavy atom. The van der Waals surface area contributed by atoms with Gasteiger partial charge in [-0.05, 0) is 77.3 Å². The summed E-state index contributed by atoms with van der Waals surface area (Å²) >= 11 is 0. The Labute approximate surface area is 147 Å². The largest absolute Gasteiger partial charge is 0.0651 e. The van der Waals surface area contributed by atoms with Gasteiger partial charge in [-0.1, -0.05) is 69.5 Å². The fraction of sp³-hybridized carbons (Fsp3) is 0.500. The van der Waals surface area contributed by atoms with Gasteiger partial charge >= 0.3 is 0 Å². The number of fused-ring (bicyclic) bond motifs is 3. The smallest absolute Gasteiger partial charge is 0.00133 e. The molecule has 1 fully saturated rings. The summed E-state index contributed by atoms with van der Waals surface area (Å²) in [7, 11) is 0. The van der Waals surface area contributed by atoms with Crippen molar-refractivity contribution in [2.75, 3.05) is 0 Å². The Morgan fingerprint density at radius 2 is 1.33 bits per heavy atom. The van der Waals surface area contributed by atoms with E-state index < -0.39 is 0 Å². The van der Waals surface area contributed by atoms with Crippen LogP contribution in [0.1, 0.15) is 68.2 Å². The zero-order chi connectivity index (χ0) is 16.5. The molecule has 0 bridgehead atoms. The first-order valence-electron chi connectivity index (χ1n) is 10.0. The first-order valence-corrected chi connectivity index (χ1v) is 10.0. The van der Waals surface area contributed by atoms with Gasteiger partial charge in [0.2, 0.25) is 0 Å². The molecule has 126 valence electrons. The topological polar surface area (TPSA) is 0 Å². The summed E-state index contributed by atoms with van der Waals surface area (Å²) in [5.41, 5.74) is 9.07. The molecule has 2 aromatic rings. The minimum atomic E-state index is 0.918. The highest BCUT2D eigenvalue weighted by Crippen LogP contribution is 2.39. The first kappa shape index (κ1) is 15.9. The van der Waals surface area contributed by atoms with Crippen molar-refractivity contribution in [2.45, 2.75) is 65.2 Å². The van der Waals surface area contributed by atoms with Crippen molar-refractivity contribution in [3.8, 4) is 11.1 Å². The average molecular weight is 319 g/mol. The summed E-state index contributed by atoms with van der Waals surface area (Å²) in [6.45, 7) is 4.60. The zero-order valence-corrected chi connectivity index (χ0v) is 15.3. The summed E-state index contributed by atoms with van der Waals surface area (Å²) in [4.78, 5) is 0. The van der Waals surface area contributed by atoms with E-state index in [9.17, 15) is 0 Å². The van der Waals surface area contributed by atoms with Gasteiger partial charge in [-0.3, -0.25) is 0 Å². The van der Waals surface area contributed by atoms with Gasteiger partial charge < -0.3 is 0 Å². The molecule has 0 amide bonds. The predicted octanol–water partition coefficient (Wildman–Crippen LogP) is 6.58. The molecule has 0 radical (unpaired) electrons. The van der Waals surface area contributed by atoms with Crippen LogP contribution in [-0.2, 0) is 19.3 Å². The van der Waals surface area contributed by atoms with Gasteiger partial charge in [-0.2, -0.15) is 0 Å². The third-order valence-electron chi connectivity index (χ3n) is 6.49. The molecule has 2 aromatic carbocycles. The van der Waals surface area contributed by atoms with E-state index in [0.717, 1.165) is 24.7 Å². The Hall–Kier alpha value is -1.56. The molecular formula is C24H30. The molecule has 0 heterocycles. The lowest BCUT2D eigenvalue weighted by atomic mass is 9.78. The Balaban J connectivity index is 1.49. The predicted molar refractivity (Wildman–Crippen MR) is 104 cm³/mol. The number of hydrogen-bond donors (Lipinski definition) is 0. The van der Waals surface area contributed by atoms with E-state index in [4.69, 9.17) is 0 Å². The van der Waals surface area contributed by atoms with E-state index in [2.05, 4.69) is 50.2 Å². The Kier molecular flexibility index (Phi) is 4.48. The number of hydrogen-bond acceptors (Lipinski definition) is 0. The third kappa shape index (κ3) is 3.04. The van der Waals surface area contributed by atoms with Gasteiger partial charge in [-0.15, -0.1) is 0 Å². The minimum absolute atomic E-state index is 0.918. The SMILES string of the molecule is CCc1ccc2c(c1)Cc1cc(CC3CCC(CC)CC3)ccc1-2. The summed E-state index contributed by atoms with van der Waals surface area (Å²) < 4.78 is 0. The minimum Gasteiger partial charge on any atom is -0.0651 e. The van der Waals surface area contributed by atoms with Crippen molar-refractivity contribution in [2.24, 2.45) is 11.8 Å². The van der Waals surface area contributed by atoms with Gasteiger partial charge in [0, 0.05) is 0 Å². The van der Waals surface area contributed by atoms with E-state index in [1.165, 1.54) is 60.8 Å². The van der Waals surface area contributed by atoms with Crippen molar-refractivity contribution in [3.63, 3.8) is 0 Å². The molecule has 2 aliphatic carbocycles. The highest BCUT2D eigenvalue weighted by molar-refractivity contribution is 5.77. The molecule has 0 unspecified atom stereocenters. The van der Waals surface area contributed by atoms with Crippen molar-refractivity contribution in [1.29, 1.82) is 0 Å². The van der Waals surface area contributed by atoms with Crippen LogP contribution in [-0.4, -0.2) is 0 Å². The number of rotatable bonds is 4. The molecule has 0 heteroatoms. The fourth-order valence-corrected chi connectivity index (χ4v) is 4.84. The second-order valence-corrected chi connectivity index (χ2v) is 8.01. The summed E-state index contributed by atoms with van der Waals surface area (Å²) in [6.07, 6.45) is 10.7. The van der Waals surface area contributed by atoms with Crippen LogP contribution in [0.3, 0.4) is 0 Å². The van der Waals surface area contributed by atoms with Crippen LogP contribution in [0.4, 0.5) is 0 Å². The monoisotopic (exact) mass is 318 g/mol. The molecule has 4 rings (SSSR count). The molecule has 0 aromatic heterocycles. The summed E-state index contributed by atoms with van der Waals surface area (Å²) in [5, 5.41) is 0. The molecule has 0 aliphatic heterocycles. The molecule has 1 saturated carbocycles. The summed E-state index contributed by atoms with van der Waals surface area (Å²) in [5.74, 6) is 1.92. The van der Waals surface area contributed by atoms with E-state index in [1.54, 1.807) is 11.1 Å². The Bertz CT molecular complexity index is 717. The van der Waals surface area contributed by atoms with E-state index in [0.29, 0.717) is 0 Å². The van der Waals surface area contributed by atoms with Crippen molar-refractivity contribution in [3.05, 3.63) is 58.7 Å². The van der Waals surface area contributed by atoms with Crippen molar-refractivity contribution < 1.29 is 0 Å². The van der Waals surface area contributed by atoms with Crippen LogP contribution < -0.4 is 0 Å². The zero-order valence-electron chi connectivity index (χ0n) is 15.3. The lowest BCUT2D eigenvalue weighted by molar-refractivity contribution is 0.268. The molecular weight excluding hydrogens is 288 g/mol. The molecule has 0 atom stereocenters. The second-order valence-electron chi connectivity index (χ2n) is 8.01. The highest BCUT2D eigenvalue weighted by Gasteiger charge is 2.22. The first-order chi connectivity index (χ1) is 11.8. The Morgan fingerprint density at radius 1 is 0.750 bits per heavy atom. The molecule has 0 spiro atoms. The van der Waals surface area contributed by atoms with Crippen LogP contribution in [0.15, 0.2) is 36.4 Å². The van der Waals surface area contributed by atoms with Gasteiger partial charge in [0.15, 0.2) is 0 Å². The lowest BCUT2D eigenvalue weighted by Gasteiger charge is -2.28. The average Bonchev–Trinajstić information content (AvgIpc) is 2.99. The molecule has 0 N–H and O–H groups in total. The van der Waals surface area contributed by atoms with Crippen LogP contribution in [0.25, 0.3) is 11.1 Å². The number of benzene rings is 2. The van der Waals surface area contributed by atoms with E-state index >= 15 is 0 Å². The van der Waals surface area contributed by atoms with Gasteiger partial charge in [0.1, 0.15) is 0 Å². The van der Waals surface area contributed by atoms with Crippen molar-refractivity contribution >= 4 is 0 Å². The lowest BCUT2D eigenvalue weighted by Crippen LogP contribution is -2.15. The maximum Gasteiger partial charge on any atom is -0.00133 e. The van der Waals surface area contributed by atoms with Crippen LogP contribution in [0, 0.1) is 11.8 Å². The third-order valence-corrected chi connectivity index (χ3v) is 6.49. The molecule has 0 nitrogen and oxygen atoms in total. The quantitative estimate of drug-likeness (QED) is 0.509. The highest BCUT2D eigenvalue weighted by atomic mass is 14.3. The fourth-order valence-electron chi connectivity index (χ4n) is 4.84. The van der Waals surface area contributed by atoms with Gasteiger partial charge in [-0.25, -0.2) is 0 Å². The molecule has 2 aliphatic rings. The van der Waals surface area contributed by atoms with Crippen LogP contribution >= 0.6 is 0 Å². The second kappa shape index (κ2) is 6.75. The standard InChI is InChI=1S/C24H30/c1-3-17-5-7-19(8-6-17)13-20-10-12-24-22(15-20)16-21-14-18(4-2)9-11-23(21)24/h9-12,14-15,17,19H,3-8,13,16H2,1-2H3. The maximum absolute atomic E-state index is 2.51. The normalized spacial score (nSPS) is 22.2.